The maximum absolute atomic E-state index is 10.3. The van der Waals surface area contributed by atoms with Gasteiger partial charge in [0.15, 0.2) is 5.78 Å². The van der Waals surface area contributed by atoms with E-state index in [2.05, 4.69) is 6.58 Å². The van der Waals surface area contributed by atoms with E-state index in [0.29, 0.717) is 0 Å². The van der Waals surface area contributed by atoms with E-state index >= 15 is 0 Å². The summed E-state index contributed by atoms with van der Waals surface area (Å²) in [5.74, 6) is -1.43. The molecule has 0 aliphatic carbocycles. The van der Waals surface area contributed by atoms with Crippen LogP contribution in [0.4, 0.5) is 0 Å². The van der Waals surface area contributed by atoms with Crippen LogP contribution in [0.2, 0.25) is 0 Å². The van der Waals surface area contributed by atoms with Crippen LogP contribution in [0.15, 0.2) is 24.3 Å². The quantitative estimate of drug-likeness (QED) is 0.465. The Kier molecular flexibility index (Phi) is 3.11. The molecular formula is C7H8O3. The smallest absolute Gasteiger partial charge is 0.335 e. The SMILES string of the molecule is C=CC(=CC(C)=O)C(=O)O. The minimum atomic E-state index is -1.13. The Morgan fingerprint density at radius 2 is 2.00 bits per heavy atom. The number of hydrogen-bond acceptors (Lipinski definition) is 2. The van der Waals surface area contributed by atoms with Gasteiger partial charge in [0.25, 0.3) is 0 Å². The zero-order valence-corrected chi connectivity index (χ0v) is 5.63. The summed E-state index contributed by atoms with van der Waals surface area (Å²) in [5.41, 5.74) is -0.0764. The number of carbonyl (C=O) groups excluding carboxylic acids is 1. The van der Waals surface area contributed by atoms with Gasteiger partial charge in [0.1, 0.15) is 0 Å². The molecule has 0 amide bonds. The molecule has 0 rings (SSSR count). The molecule has 0 aromatic carbocycles. The Balaban J connectivity index is 4.49. The Labute approximate surface area is 58.7 Å². The van der Waals surface area contributed by atoms with Crippen LogP contribution in [0, 0.1) is 0 Å². The molecule has 0 saturated heterocycles. The highest BCUT2D eigenvalue weighted by Crippen LogP contribution is 1.94. The second-order valence-corrected chi connectivity index (χ2v) is 1.72. The summed E-state index contributed by atoms with van der Waals surface area (Å²) in [4.78, 5) is 20.5. The summed E-state index contributed by atoms with van der Waals surface area (Å²) >= 11 is 0. The fourth-order valence-electron chi connectivity index (χ4n) is 0.427. The van der Waals surface area contributed by atoms with Crippen LogP contribution in [0.3, 0.4) is 0 Å². The number of carbonyl (C=O) groups is 2. The number of carboxylic acids is 1. The van der Waals surface area contributed by atoms with Crippen molar-refractivity contribution in [3.8, 4) is 0 Å². The predicted octanol–water partition coefficient (Wildman–Crippen LogP) is 0.772. The first-order valence-electron chi connectivity index (χ1n) is 2.66. The lowest BCUT2D eigenvalue weighted by molar-refractivity contribution is -0.132. The van der Waals surface area contributed by atoms with E-state index in [-0.39, 0.29) is 11.4 Å². The van der Waals surface area contributed by atoms with Gasteiger partial charge in [-0.15, -0.1) is 0 Å². The number of aliphatic carboxylic acids is 1. The number of hydrogen-bond donors (Lipinski definition) is 1. The van der Waals surface area contributed by atoms with Gasteiger partial charge in [0, 0.05) is 0 Å². The van der Waals surface area contributed by atoms with Crippen molar-refractivity contribution < 1.29 is 14.7 Å². The zero-order chi connectivity index (χ0) is 8.15. The molecular weight excluding hydrogens is 132 g/mol. The van der Waals surface area contributed by atoms with Gasteiger partial charge < -0.3 is 5.11 Å². The molecule has 0 atom stereocenters. The van der Waals surface area contributed by atoms with Crippen molar-refractivity contribution in [1.29, 1.82) is 0 Å². The average molecular weight is 140 g/mol. The maximum atomic E-state index is 10.3. The summed E-state index contributed by atoms with van der Waals surface area (Å²) in [5, 5.41) is 8.33. The summed E-state index contributed by atoms with van der Waals surface area (Å²) in [6.45, 7) is 4.52. The Bertz CT molecular complexity index is 201. The molecule has 10 heavy (non-hydrogen) atoms. The molecule has 0 aromatic heterocycles. The fraction of sp³-hybridized carbons (Fsp3) is 0.143. The lowest BCUT2D eigenvalue weighted by Crippen LogP contribution is -1.99. The first-order valence-corrected chi connectivity index (χ1v) is 2.66. The standard InChI is InChI=1S/C7H8O3/c1-3-6(7(9)10)4-5(2)8/h3-4H,1H2,2H3,(H,9,10). The van der Waals surface area contributed by atoms with E-state index in [1.165, 1.54) is 6.92 Å². The molecule has 0 fully saturated rings. The van der Waals surface area contributed by atoms with Crippen molar-refractivity contribution in [2.24, 2.45) is 0 Å². The fourth-order valence-corrected chi connectivity index (χ4v) is 0.427. The third-order valence-electron chi connectivity index (χ3n) is 0.826. The normalized spacial score (nSPS) is 10.7. The number of allylic oxidation sites excluding steroid dienone is 1. The average Bonchev–Trinajstić information content (AvgIpc) is 1.81. The van der Waals surface area contributed by atoms with E-state index in [1.54, 1.807) is 0 Å². The highest BCUT2D eigenvalue weighted by molar-refractivity contribution is 5.99. The van der Waals surface area contributed by atoms with E-state index in [9.17, 15) is 9.59 Å². The molecule has 0 saturated carbocycles. The van der Waals surface area contributed by atoms with Crippen molar-refractivity contribution in [2.45, 2.75) is 6.92 Å². The Hall–Kier alpha value is -1.38. The molecule has 3 heteroatoms. The third-order valence-corrected chi connectivity index (χ3v) is 0.826. The van der Waals surface area contributed by atoms with Crippen LogP contribution >= 0.6 is 0 Å². The Morgan fingerprint density at radius 3 is 2.10 bits per heavy atom. The highest BCUT2D eigenvalue weighted by Gasteiger charge is 2.01. The van der Waals surface area contributed by atoms with Gasteiger partial charge in [0.2, 0.25) is 0 Å². The van der Waals surface area contributed by atoms with Gasteiger partial charge in [-0.05, 0) is 13.0 Å². The van der Waals surface area contributed by atoms with Gasteiger partial charge in [0.05, 0.1) is 5.57 Å². The van der Waals surface area contributed by atoms with Gasteiger partial charge in [-0.3, -0.25) is 4.79 Å². The van der Waals surface area contributed by atoms with Gasteiger partial charge in [-0.25, -0.2) is 4.79 Å². The first-order chi connectivity index (χ1) is 4.57. The van der Waals surface area contributed by atoms with Crippen LogP contribution < -0.4 is 0 Å². The monoisotopic (exact) mass is 140 g/mol. The largest absolute Gasteiger partial charge is 0.478 e. The lowest BCUT2D eigenvalue weighted by Gasteiger charge is -1.89. The second kappa shape index (κ2) is 3.61. The Morgan fingerprint density at radius 1 is 1.50 bits per heavy atom. The van der Waals surface area contributed by atoms with Gasteiger partial charge in [-0.2, -0.15) is 0 Å². The van der Waals surface area contributed by atoms with E-state index in [4.69, 9.17) is 5.11 Å². The van der Waals surface area contributed by atoms with Crippen LogP contribution in [-0.2, 0) is 9.59 Å². The molecule has 0 unspecified atom stereocenters. The van der Waals surface area contributed by atoms with Gasteiger partial charge >= 0.3 is 5.97 Å². The molecule has 0 radical (unpaired) electrons. The highest BCUT2D eigenvalue weighted by atomic mass is 16.4. The number of ketones is 1. The minimum absolute atomic E-state index is 0.0764. The molecule has 3 nitrogen and oxygen atoms in total. The van der Waals surface area contributed by atoms with E-state index in [0.717, 1.165) is 12.2 Å². The van der Waals surface area contributed by atoms with Crippen molar-refractivity contribution in [1.82, 2.24) is 0 Å². The van der Waals surface area contributed by atoms with E-state index < -0.39 is 5.97 Å². The molecule has 0 bridgehead atoms. The summed E-state index contributed by atoms with van der Waals surface area (Å²) < 4.78 is 0. The molecule has 54 valence electrons. The van der Waals surface area contributed by atoms with Crippen molar-refractivity contribution in [3.05, 3.63) is 24.3 Å². The van der Waals surface area contributed by atoms with Crippen molar-refractivity contribution in [2.75, 3.05) is 0 Å². The predicted molar refractivity (Wildman–Crippen MR) is 36.6 cm³/mol. The van der Waals surface area contributed by atoms with E-state index in [1.807, 2.05) is 0 Å². The zero-order valence-electron chi connectivity index (χ0n) is 5.63. The van der Waals surface area contributed by atoms with Crippen molar-refractivity contribution >= 4 is 11.8 Å². The molecule has 0 spiro atoms. The lowest BCUT2D eigenvalue weighted by atomic mass is 10.2. The summed E-state index contributed by atoms with van der Waals surface area (Å²) in [7, 11) is 0. The summed E-state index contributed by atoms with van der Waals surface area (Å²) in [6, 6.07) is 0. The van der Waals surface area contributed by atoms with Crippen LogP contribution in [0.5, 0.6) is 0 Å². The molecule has 0 aliphatic rings. The van der Waals surface area contributed by atoms with Crippen molar-refractivity contribution in [3.63, 3.8) is 0 Å². The topological polar surface area (TPSA) is 54.4 Å². The molecule has 1 N–H and O–H groups in total. The number of carboxylic acid groups (broad SMARTS) is 1. The third kappa shape index (κ3) is 2.81. The molecule has 0 aliphatic heterocycles. The maximum Gasteiger partial charge on any atom is 0.335 e. The first kappa shape index (κ1) is 8.62. The second-order valence-electron chi connectivity index (χ2n) is 1.72. The minimum Gasteiger partial charge on any atom is -0.478 e. The molecule has 0 heterocycles. The summed E-state index contributed by atoms with van der Waals surface area (Å²) in [6.07, 6.45) is 2.15. The number of rotatable bonds is 3. The van der Waals surface area contributed by atoms with Crippen LogP contribution in [-0.4, -0.2) is 16.9 Å². The molecule has 0 aromatic rings. The van der Waals surface area contributed by atoms with Crippen LogP contribution in [0.1, 0.15) is 6.92 Å². The van der Waals surface area contributed by atoms with Gasteiger partial charge in [-0.1, -0.05) is 12.7 Å². The van der Waals surface area contributed by atoms with Crippen LogP contribution in [0.25, 0.3) is 0 Å².